The van der Waals surface area contributed by atoms with Crippen LogP contribution in [0.5, 0.6) is 5.75 Å². The first-order valence-electron chi connectivity index (χ1n) is 7.88. The molecule has 0 spiro atoms. The van der Waals surface area contributed by atoms with E-state index < -0.39 is 0 Å². The van der Waals surface area contributed by atoms with Gasteiger partial charge >= 0.3 is 0 Å². The Hall–Kier alpha value is -1.80. The molecule has 0 aromatic heterocycles. The number of rotatable bonds is 5. The first-order valence-corrected chi connectivity index (χ1v) is 7.88. The van der Waals surface area contributed by atoms with Crippen LogP contribution in [0.3, 0.4) is 0 Å². The SMILES string of the molecule is CCCOc1cccc(C(N)c2ccc3c(c2)CCC3)c1. The zero-order valence-corrected chi connectivity index (χ0v) is 12.6. The Bertz CT molecular complexity index is 621. The molecule has 2 heteroatoms. The van der Waals surface area contributed by atoms with Crippen molar-refractivity contribution in [3.8, 4) is 5.75 Å². The van der Waals surface area contributed by atoms with Gasteiger partial charge in [0.15, 0.2) is 0 Å². The summed E-state index contributed by atoms with van der Waals surface area (Å²) in [5, 5.41) is 0. The molecule has 1 unspecified atom stereocenters. The highest BCUT2D eigenvalue weighted by Gasteiger charge is 2.15. The highest BCUT2D eigenvalue weighted by molar-refractivity contribution is 5.41. The average molecular weight is 281 g/mol. The van der Waals surface area contributed by atoms with Crippen molar-refractivity contribution >= 4 is 0 Å². The topological polar surface area (TPSA) is 35.2 Å². The molecule has 1 aliphatic carbocycles. The Morgan fingerprint density at radius 2 is 1.86 bits per heavy atom. The van der Waals surface area contributed by atoms with Crippen molar-refractivity contribution in [1.29, 1.82) is 0 Å². The van der Waals surface area contributed by atoms with E-state index in [2.05, 4.69) is 37.3 Å². The molecule has 0 heterocycles. The van der Waals surface area contributed by atoms with E-state index >= 15 is 0 Å². The van der Waals surface area contributed by atoms with E-state index in [0.717, 1.165) is 24.3 Å². The summed E-state index contributed by atoms with van der Waals surface area (Å²) >= 11 is 0. The van der Waals surface area contributed by atoms with E-state index in [9.17, 15) is 0 Å². The quantitative estimate of drug-likeness (QED) is 0.898. The fourth-order valence-corrected chi connectivity index (χ4v) is 3.00. The average Bonchev–Trinajstić information content (AvgIpc) is 3.00. The molecule has 0 amide bonds. The van der Waals surface area contributed by atoms with E-state index in [1.807, 2.05) is 12.1 Å². The molecule has 2 aromatic carbocycles. The van der Waals surface area contributed by atoms with Gasteiger partial charge in [-0.15, -0.1) is 0 Å². The molecule has 0 saturated carbocycles. The van der Waals surface area contributed by atoms with Crippen molar-refractivity contribution in [2.75, 3.05) is 6.61 Å². The molecular formula is C19H23NO. The summed E-state index contributed by atoms with van der Waals surface area (Å²) < 4.78 is 5.70. The van der Waals surface area contributed by atoms with Crippen LogP contribution in [0.4, 0.5) is 0 Å². The minimum Gasteiger partial charge on any atom is -0.494 e. The predicted octanol–water partition coefficient (Wildman–Crippen LogP) is 4.01. The summed E-state index contributed by atoms with van der Waals surface area (Å²) in [7, 11) is 0. The minimum absolute atomic E-state index is 0.0823. The van der Waals surface area contributed by atoms with Crippen LogP contribution in [-0.2, 0) is 12.8 Å². The maximum atomic E-state index is 6.45. The number of aryl methyl sites for hydroxylation is 2. The normalized spacial score (nSPS) is 14.8. The van der Waals surface area contributed by atoms with Crippen LogP contribution in [0.2, 0.25) is 0 Å². The standard InChI is InChI=1S/C19H23NO/c1-2-11-21-18-8-4-7-16(13-18)19(20)17-10-9-14-5-3-6-15(14)12-17/h4,7-10,12-13,19H,2-3,5-6,11,20H2,1H3. The fourth-order valence-electron chi connectivity index (χ4n) is 3.00. The third-order valence-corrected chi connectivity index (χ3v) is 4.17. The number of nitrogens with two attached hydrogens (primary N) is 1. The van der Waals surface area contributed by atoms with Crippen molar-refractivity contribution in [3.63, 3.8) is 0 Å². The van der Waals surface area contributed by atoms with Crippen LogP contribution < -0.4 is 10.5 Å². The van der Waals surface area contributed by atoms with Crippen LogP contribution in [0.1, 0.15) is 48.1 Å². The van der Waals surface area contributed by atoms with E-state index in [-0.39, 0.29) is 6.04 Å². The molecule has 1 atom stereocenters. The number of ether oxygens (including phenoxy) is 1. The maximum Gasteiger partial charge on any atom is 0.119 e. The van der Waals surface area contributed by atoms with E-state index in [0.29, 0.717) is 0 Å². The van der Waals surface area contributed by atoms with Gasteiger partial charge in [0.1, 0.15) is 5.75 Å². The molecule has 21 heavy (non-hydrogen) atoms. The number of fused-ring (bicyclic) bond motifs is 1. The van der Waals surface area contributed by atoms with Gasteiger partial charge < -0.3 is 10.5 Å². The lowest BCUT2D eigenvalue weighted by molar-refractivity contribution is 0.317. The molecule has 0 fully saturated rings. The predicted molar refractivity (Wildman–Crippen MR) is 86.7 cm³/mol. The second-order valence-corrected chi connectivity index (χ2v) is 5.78. The lowest BCUT2D eigenvalue weighted by Gasteiger charge is -2.15. The summed E-state index contributed by atoms with van der Waals surface area (Å²) in [5.41, 5.74) is 11.7. The zero-order valence-electron chi connectivity index (χ0n) is 12.6. The summed E-state index contributed by atoms with van der Waals surface area (Å²) in [6, 6.07) is 14.8. The summed E-state index contributed by atoms with van der Waals surface area (Å²) in [6.07, 6.45) is 4.69. The maximum absolute atomic E-state index is 6.45. The molecule has 110 valence electrons. The molecule has 2 N–H and O–H groups in total. The van der Waals surface area contributed by atoms with Gasteiger partial charge in [-0.1, -0.05) is 37.3 Å². The molecule has 3 rings (SSSR count). The molecule has 1 aliphatic rings. The molecule has 0 aliphatic heterocycles. The van der Waals surface area contributed by atoms with E-state index in [1.54, 1.807) is 0 Å². The summed E-state index contributed by atoms with van der Waals surface area (Å²) in [4.78, 5) is 0. The molecule has 0 radical (unpaired) electrons. The van der Waals surface area contributed by atoms with Crippen molar-refractivity contribution in [1.82, 2.24) is 0 Å². The van der Waals surface area contributed by atoms with Gasteiger partial charge in [-0.2, -0.15) is 0 Å². The van der Waals surface area contributed by atoms with Crippen LogP contribution >= 0.6 is 0 Å². The fraction of sp³-hybridized carbons (Fsp3) is 0.368. The van der Waals surface area contributed by atoms with E-state index in [1.165, 1.54) is 36.0 Å². The third kappa shape index (κ3) is 3.11. The smallest absolute Gasteiger partial charge is 0.119 e. The largest absolute Gasteiger partial charge is 0.494 e. The second kappa shape index (κ2) is 6.31. The Balaban J connectivity index is 1.82. The lowest BCUT2D eigenvalue weighted by Crippen LogP contribution is -2.12. The van der Waals surface area contributed by atoms with Crippen LogP contribution in [0, 0.1) is 0 Å². The van der Waals surface area contributed by atoms with Gasteiger partial charge in [-0.3, -0.25) is 0 Å². The van der Waals surface area contributed by atoms with Crippen LogP contribution in [-0.4, -0.2) is 6.61 Å². The highest BCUT2D eigenvalue weighted by Crippen LogP contribution is 2.28. The molecule has 0 bridgehead atoms. The van der Waals surface area contributed by atoms with Crippen molar-refractivity contribution in [3.05, 3.63) is 64.7 Å². The van der Waals surface area contributed by atoms with Crippen LogP contribution in [0.15, 0.2) is 42.5 Å². The Morgan fingerprint density at radius 3 is 2.71 bits per heavy atom. The highest BCUT2D eigenvalue weighted by atomic mass is 16.5. The number of benzene rings is 2. The van der Waals surface area contributed by atoms with Gasteiger partial charge in [-0.25, -0.2) is 0 Å². The summed E-state index contributed by atoms with van der Waals surface area (Å²) in [5.74, 6) is 0.908. The molecule has 2 nitrogen and oxygen atoms in total. The van der Waals surface area contributed by atoms with Gasteiger partial charge in [0.2, 0.25) is 0 Å². The zero-order chi connectivity index (χ0) is 14.7. The van der Waals surface area contributed by atoms with Gasteiger partial charge in [0.05, 0.1) is 12.6 Å². The summed E-state index contributed by atoms with van der Waals surface area (Å²) in [6.45, 7) is 2.86. The Labute approximate surface area is 126 Å². The monoisotopic (exact) mass is 281 g/mol. The third-order valence-electron chi connectivity index (χ3n) is 4.17. The lowest BCUT2D eigenvalue weighted by atomic mass is 9.96. The van der Waals surface area contributed by atoms with Crippen LogP contribution in [0.25, 0.3) is 0 Å². The minimum atomic E-state index is -0.0823. The first kappa shape index (κ1) is 14.2. The molecular weight excluding hydrogens is 258 g/mol. The van der Waals surface area contributed by atoms with Gasteiger partial charge in [-0.05, 0) is 60.1 Å². The second-order valence-electron chi connectivity index (χ2n) is 5.78. The first-order chi connectivity index (χ1) is 10.3. The molecule has 2 aromatic rings. The number of hydrogen-bond donors (Lipinski definition) is 1. The van der Waals surface area contributed by atoms with Gasteiger partial charge in [0, 0.05) is 0 Å². The van der Waals surface area contributed by atoms with Crippen molar-refractivity contribution in [2.45, 2.75) is 38.6 Å². The molecule has 0 saturated heterocycles. The van der Waals surface area contributed by atoms with Crippen molar-refractivity contribution < 1.29 is 4.74 Å². The van der Waals surface area contributed by atoms with Crippen molar-refractivity contribution in [2.24, 2.45) is 5.73 Å². The Kier molecular flexibility index (Phi) is 4.26. The Morgan fingerprint density at radius 1 is 1.05 bits per heavy atom. The van der Waals surface area contributed by atoms with Gasteiger partial charge in [0.25, 0.3) is 0 Å². The van der Waals surface area contributed by atoms with E-state index in [4.69, 9.17) is 10.5 Å². The number of hydrogen-bond acceptors (Lipinski definition) is 2.